The molecule has 2 rings (SSSR count). The molecule has 0 amide bonds. The summed E-state index contributed by atoms with van der Waals surface area (Å²) in [7, 11) is 0. The molecule has 1 aliphatic carbocycles. The van der Waals surface area contributed by atoms with E-state index in [9.17, 15) is 0 Å². The highest BCUT2D eigenvalue weighted by atomic mass is 35.5. The summed E-state index contributed by atoms with van der Waals surface area (Å²) in [5.74, 6) is 0.666. The third kappa shape index (κ3) is 2.44. The highest BCUT2D eigenvalue weighted by molar-refractivity contribution is 6.30. The Balaban J connectivity index is 2.29. The second-order valence-electron chi connectivity index (χ2n) is 3.16. The molecule has 0 radical (unpaired) electrons. The summed E-state index contributed by atoms with van der Waals surface area (Å²) in [4.78, 5) is 8.28. The lowest BCUT2D eigenvalue weighted by Gasteiger charge is -1.98. The summed E-state index contributed by atoms with van der Waals surface area (Å²) in [5, 5.41) is 0.537. The van der Waals surface area contributed by atoms with Crippen molar-refractivity contribution < 1.29 is 0 Å². The van der Waals surface area contributed by atoms with E-state index in [1.165, 1.54) is 0 Å². The van der Waals surface area contributed by atoms with Crippen LogP contribution in [0.5, 0.6) is 0 Å². The molecule has 3 nitrogen and oxygen atoms in total. The van der Waals surface area contributed by atoms with Crippen LogP contribution in [-0.4, -0.2) is 9.97 Å². The van der Waals surface area contributed by atoms with Crippen molar-refractivity contribution in [3.8, 4) is 0 Å². The number of aromatic nitrogens is 2. The monoisotopic (exact) mass is 219 g/mol. The Bertz CT molecular complexity index is 443. The van der Waals surface area contributed by atoms with Crippen LogP contribution in [0.1, 0.15) is 12.2 Å². The maximum absolute atomic E-state index is 5.71. The summed E-state index contributed by atoms with van der Waals surface area (Å²) in [6, 6.07) is 0. The number of nitrogens with two attached hydrogens (primary N) is 1. The molecule has 0 aliphatic heterocycles. The van der Waals surface area contributed by atoms with E-state index in [-0.39, 0.29) is 0 Å². The number of allylic oxidation sites excluding steroid dienone is 5. The fraction of sp³-hybridized carbons (Fsp3) is 0.0909. The minimum absolute atomic E-state index is 0.537. The van der Waals surface area contributed by atoms with E-state index < -0.39 is 0 Å². The maximum Gasteiger partial charge on any atom is 0.158 e. The first-order valence-electron chi connectivity index (χ1n) is 4.57. The van der Waals surface area contributed by atoms with Gasteiger partial charge in [0.15, 0.2) is 5.82 Å². The normalized spacial score (nSPS) is 15.5. The van der Waals surface area contributed by atoms with Crippen LogP contribution < -0.4 is 5.73 Å². The van der Waals surface area contributed by atoms with Crippen LogP contribution >= 0.6 is 11.6 Å². The van der Waals surface area contributed by atoms with Gasteiger partial charge >= 0.3 is 0 Å². The second kappa shape index (κ2) is 4.28. The molecule has 0 spiro atoms. The molecule has 0 bridgehead atoms. The van der Waals surface area contributed by atoms with Crippen LogP contribution in [0.2, 0.25) is 5.02 Å². The summed E-state index contributed by atoms with van der Waals surface area (Å²) in [6.45, 7) is 0. The van der Waals surface area contributed by atoms with Gasteiger partial charge in [0, 0.05) is 23.7 Å². The Morgan fingerprint density at radius 1 is 1.13 bits per heavy atom. The van der Waals surface area contributed by atoms with Gasteiger partial charge < -0.3 is 5.73 Å². The number of halogens is 1. The Morgan fingerprint density at radius 3 is 2.60 bits per heavy atom. The number of hydrogen-bond acceptors (Lipinski definition) is 3. The zero-order valence-corrected chi connectivity index (χ0v) is 8.78. The lowest BCUT2D eigenvalue weighted by Crippen LogP contribution is -1.92. The largest absolute Gasteiger partial charge is 0.399 e. The maximum atomic E-state index is 5.71. The van der Waals surface area contributed by atoms with Crippen molar-refractivity contribution in [2.45, 2.75) is 6.42 Å². The van der Waals surface area contributed by atoms with Gasteiger partial charge in [-0.3, -0.25) is 0 Å². The first-order valence-corrected chi connectivity index (χ1v) is 4.95. The van der Waals surface area contributed by atoms with Gasteiger partial charge in [-0.1, -0.05) is 23.8 Å². The van der Waals surface area contributed by atoms with E-state index in [4.69, 9.17) is 17.3 Å². The molecule has 1 aliphatic rings. The number of hydrogen-bond donors (Lipinski definition) is 1. The number of rotatable bonds is 1. The van der Waals surface area contributed by atoms with Gasteiger partial charge in [-0.2, -0.15) is 0 Å². The molecule has 1 aromatic heterocycles. The second-order valence-corrected chi connectivity index (χ2v) is 3.59. The zero-order chi connectivity index (χ0) is 10.7. The third-order valence-electron chi connectivity index (χ3n) is 2.03. The molecule has 0 unspecified atom stereocenters. The Labute approximate surface area is 93.0 Å². The average molecular weight is 220 g/mol. The molecule has 0 saturated carbocycles. The zero-order valence-electron chi connectivity index (χ0n) is 8.02. The first-order chi connectivity index (χ1) is 7.25. The van der Waals surface area contributed by atoms with E-state index in [0.29, 0.717) is 10.8 Å². The first kappa shape index (κ1) is 9.93. The average Bonchev–Trinajstić information content (AvgIpc) is 2.44. The van der Waals surface area contributed by atoms with Crippen molar-refractivity contribution >= 4 is 17.2 Å². The van der Waals surface area contributed by atoms with E-state index in [1.807, 2.05) is 24.3 Å². The lowest BCUT2D eigenvalue weighted by atomic mass is 10.2. The predicted octanol–water partition coefficient (Wildman–Crippen LogP) is 2.32. The van der Waals surface area contributed by atoms with Crippen molar-refractivity contribution in [2.75, 3.05) is 0 Å². The van der Waals surface area contributed by atoms with Crippen LogP contribution in [0.4, 0.5) is 0 Å². The van der Waals surface area contributed by atoms with Crippen molar-refractivity contribution in [2.24, 2.45) is 5.73 Å². The Morgan fingerprint density at radius 2 is 1.87 bits per heavy atom. The molecule has 4 heteroatoms. The van der Waals surface area contributed by atoms with Crippen molar-refractivity contribution in [3.63, 3.8) is 0 Å². The summed E-state index contributed by atoms with van der Waals surface area (Å²) in [6.07, 6.45) is 11.7. The van der Waals surface area contributed by atoms with Gasteiger partial charge in [-0.15, -0.1) is 0 Å². The van der Waals surface area contributed by atoms with Gasteiger partial charge in [0.05, 0.1) is 5.02 Å². The highest BCUT2D eigenvalue weighted by Gasteiger charge is 2.02. The van der Waals surface area contributed by atoms with E-state index >= 15 is 0 Å². The Hall–Kier alpha value is -1.61. The fourth-order valence-electron chi connectivity index (χ4n) is 1.27. The predicted molar refractivity (Wildman–Crippen MR) is 61.0 cm³/mol. The van der Waals surface area contributed by atoms with Gasteiger partial charge in [0.2, 0.25) is 0 Å². The molecule has 2 N–H and O–H groups in total. The minimum Gasteiger partial charge on any atom is -0.399 e. The van der Waals surface area contributed by atoms with Crippen LogP contribution in [0.25, 0.3) is 5.57 Å². The van der Waals surface area contributed by atoms with Crippen molar-refractivity contribution in [3.05, 3.63) is 53.2 Å². The standard InChI is InChI=1S/C11H10ClN3/c12-9-6-14-11(15-7-9)8-2-1-3-10(13)5-4-8/h2-7H,1,13H2. The quantitative estimate of drug-likeness (QED) is 0.789. The third-order valence-corrected chi connectivity index (χ3v) is 2.22. The van der Waals surface area contributed by atoms with Crippen molar-refractivity contribution in [1.82, 2.24) is 9.97 Å². The van der Waals surface area contributed by atoms with Crippen LogP contribution in [0.3, 0.4) is 0 Å². The molecule has 76 valence electrons. The SMILES string of the molecule is NC1=CCC=C(c2ncc(Cl)cn2)C=C1. The summed E-state index contributed by atoms with van der Waals surface area (Å²) >= 11 is 5.71. The molecule has 0 saturated heterocycles. The summed E-state index contributed by atoms with van der Waals surface area (Å²) in [5.41, 5.74) is 7.40. The van der Waals surface area contributed by atoms with Gasteiger partial charge in [0.25, 0.3) is 0 Å². The summed E-state index contributed by atoms with van der Waals surface area (Å²) < 4.78 is 0. The molecule has 0 atom stereocenters. The van der Waals surface area contributed by atoms with Crippen LogP contribution in [0, 0.1) is 0 Å². The minimum atomic E-state index is 0.537. The van der Waals surface area contributed by atoms with Gasteiger partial charge in [0.1, 0.15) is 0 Å². The topological polar surface area (TPSA) is 51.8 Å². The Kier molecular flexibility index (Phi) is 2.83. The molecule has 15 heavy (non-hydrogen) atoms. The van der Waals surface area contributed by atoms with Crippen LogP contribution in [-0.2, 0) is 0 Å². The molecule has 0 fully saturated rings. The van der Waals surface area contributed by atoms with E-state index in [2.05, 4.69) is 9.97 Å². The molecular formula is C11H10ClN3. The van der Waals surface area contributed by atoms with Gasteiger partial charge in [-0.05, 0) is 18.6 Å². The molecule has 1 aromatic rings. The fourth-order valence-corrected chi connectivity index (χ4v) is 1.37. The molecular weight excluding hydrogens is 210 g/mol. The highest BCUT2D eigenvalue weighted by Crippen LogP contribution is 2.16. The van der Waals surface area contributed by atoms with E-state index in [1.54, 1.807) is 12.4 Å². The van der Waals surface area contributed by atoms with Crippen molar-refractivity contribution in [1.29, 1.82) is 0 Å². The molecule has 1 heterocycles. The molecule has 0 aromatic carbocycles. The van der Waals surface area contributed by atoms with E-state index in [0.717, 1.165) is 17.7 Å². The smallest absolute Gasteiger partial charge is 0.158 e. The van der Waals surface area contributed by atoms with Crippen LogP contribution in [0.15, 0.2) is 42.4 Å². The lowest BCUT2D eigenvalue weighted by molar-refractivity contribution is 1.12. The number of nitrogens with zero attached hydrogens (tertiary/aromatic N) is 2. The van der Waals surface area contributed by atoms with Gasteiger partial charge in [-0.25, -0.2) is 9.97 Å².